The second kappa shape index (κ2) is 7.17. The number of hydrogen-bond donors (Lipinski definition) is 2. The van der Waals surface area contributed by atoms with Gasteiger partial charge in [-0.25, -0.2) is 0 Å². The summed E-state index contributed by atoms with van der Waals surface area (Å²) in [5, 5.41) is 15.6. The fourth-order valence-electron chi connectivity index (χ4n) is 3.32. The van der Waals surface area contributed by atoms with Crippen molar-refractivity contribution >= 4 is 5.91 Å². The van der Waals surface area contributed by atoms with Crippen LogP contribution in [0.3, 0.4) is 0 Å². The van der Waals surface area contributed by atoms with Gasteiger partial charge in [0, 0.05) is 56.1 Å². The highest BCUT2D eigenvalue weighted by molar-refractivity contribution is 5.77. The average molecular weight is 330 g/mol. The van der Waals surface area contributed by atoms with E-state index in [4.69, 9.17) is 0 Å². The molecule has 24 heavy (non-hydrogen) atoms. The predicted octanol–water partition coefficient (Wildman–Crippen LogP) is 1.31. The van der Waals surface area contributed by atoms with E-state index in [1.165, 1.54) is 5.56 Å². The molecule has 0 aromatic carbocycles. The Kier molecular flexibility index (Phi) is 4.99. The molecule has 3 rings (SSSR count). The van der Waals surface area contributed by atoms with E-state index in [0.29, 0.717) is 6.42 Å². The Bertz CT molecular complexity index is 704. The van der Waals surface area contributed by atoms with Gasteiger partial charge < -0.3 is 10.6 Å². The topological polar surface area (TPSA) is 76.8 Å². The zero-order valence-corrected chi connectivity index (χ0v) is 14.6. The lowest BCUT2D eigenvalue weighted by atomic mass is 9.93. The van der Waals surface area contributed by atoms with Crippen molar-refractivity contribution in [2.45, 2.75) is 58.3 Å². The minimum absolute atomic E-state index is 0.0340. The minimum Gasteiger partial charge on any atom is -0.348 e. The molecule has 2 aromatic rings. The summed E-state index contributed by atoms with van der Waals surface area (Å²) in [6.07, 6.45) is 8.26. The Balaban J connectivity index is 1.73. The summed E-state index contributed by atoms with van der Waals surface area (Å²) in [6.45, 7) is 5.76. The van der Waals surface area contributed by atoms with E-state index >= 15 is 0 Å². The molecular formula is C17H26N6O. The molecule has 1 aliphatic rings. The van der Waals surface area contributed by atoms with Crippen LogP contribution in [0.15, 0.2) is 18.6 Å². The number of aryl methyl sites for hydroxylation is 3. The molecule has 0 unspecified atom stereocenters. The van der Waals surface area contributed by atoms with Gasteiger partial charge >= 0.3 is 0 Å². The summed E-state index contributed by atoms with van der Waals surface area (Å²) >= 11 is 0. The second-order valence-corrected chi connectivity index (χ2v) is 6.33. The maximum atomic E-state index is 11.9. The van der Waals surface area contributed by atoms with Crippen LogP contribution in [0.1, 0.15) is 49.6 Å². The lowest BCUT2D eigenvalue weighted by Gasteiger charge is -2.32. The first-order chi connectivity index (χ1) is 11.6. The van der Waals surface area contributed by atoms with E-state index in [-0.39, 0.29) is 18.0 Å². The van der Waals surface area contributed by atoms with Crippen LogP contribution in [0.2, 0.25) is 0 Å². The molecule has 2 atom stereocenters. The molecule has 3 heterocycles. The first-order valence-corrected chi connectivity index (χ1v) is 8.67. The predicted molar refractivity (Wildman–Crippen MR) is 91.2 cm³/mol. The third-order valence-electron chi connectivity index (χ3n) is 4.62. The zero-order chi connectivity index (χ0) is 17.1. The molecule has 1 amide bonds. The Morgan fingerprint density at radius 1 is 1.38 bits per heavy atom. The number of carbonyl (C=O) groups is 1. The number of amides is 1. The highest BCUT2D eigenvalue weighted by Gasteiger charge is 2.30. The molecule has 2 N–H and O–H groups in total. The summed E-state index contributed by atoms with van der Waals surface area (Å²) in [7, 11) is 1.95. The van der Waals surface area contributed by atoms with Crippen molar-refractivity contribution in [3.05, 3.63) is 35.4 Å². The van der Waals surface area contributed by atoms with Crippen molar-refractivity contribution in [1.82, 2.24) is 30.2 Å². The molecule has 7 nitrogen and oxygen atoms in total. The van der Waals surface area contributed by atoms with Gasteiger partial charge in [-0.3, -0.25) is 14.2 Å². The largest absolute Gasteiger partial charge is 0.348 e. The number of piperidine rings is 1. The Morgan fingerprint density at radius 3 is 2.92 bits per heavy atom. The zero-order valence-electron chi connectivity index (χ0n) is 14.6. The molecule has 1 saturated heterocycles. The van der Waals surface area contributed by atoms with Gasteiger partial charge in [0.2, 0.25) is 5.91 Å². The van der Waals surface area contributed by atoms with Crippen LogP contribution in [0.4, 0.5) is 0 Å². The smallest absolute Gasteiger partial charge is 0.220 e. The van der Waals surface area contributed by atoms with Crippen molar-refractivity contribution in [3.63, 3.8) is 0 Å². The summed E-state index contributed by atoms with van der Waals surface area (Å²) in [4.78, 5) is 11.9. The van der Waals surface area contributed by atoms with Crippen LogP contribution in [0.5, 0.6) is 0 Å². The monoisotopic (exact) mass is 330 g/mol. The number of rotatable bonds is 6. The fraction of sp³-hybridized carbons (Fsp3) is 0.588. The molecule has 0 radical (unpaired) electrons. The molecular weight excluding hydrogens is 304 g/mol. The third kappa shape index (κ3) is 3.51. The molecule has 0 aliphatic carbocycles. The standard InChI is InChI=1S/C17H26N6O/c1-4-14-12(10-22(3)21-14)8-18-15-6-7-16(24)20-17(15)13-9-19-23(5-2)11-13/h9-11,15,17-18H,4-8H2,1-3H3,(H,20,24)/t15-,17+/m1/s1. The maximum Gasteiger partial charge on any atom is 0.220 e. The lowest BCUT2D eigenvalue weighted by Crippen LogP contribution is -2.48. The Morgan fingerprint density at radius 2 is 2.21 bits per heavy atom. The van der Waals surface area contributed by atoms with E-state index in [1.54, 1.807) is 0 Å². The normalized spacial score (nSPS) is 21.0. The van der Waals surface area contributed by atoms with E-state index < -0.39 is 0 Å². The van der Waals surface area contributed by atoms with Crippen LogP contribution < -0.4 is 10.6 Å². The average Bonchev–Trinajstić information content (AvgIpc) is 3.19. The van der Waals surface area contributed by atoms with Crippen molar-refractivity contribution in [2.75, 3.05) is 0 Å². The number of nitrogens with zero attached hydrogens (tertiary/aromatic N) is 4. The van der Waals surface area contributed by atoms with Crippen LogP contribution >= 0.6 is 0 Å². The van der Waals surface area contributed by atoms with Gasteiger partial charge in [-0.15, -0.1) is 0 Å². The van der Waals surface area contributed by atoms with Gasteiger partial charge in [0.25, 0.3) is 0 Å². The van der Waals surface area contributed by atoms with Crippen LogP contribution in [-0.4, -0.2) is 31.5 Å². The lowest BCUT2D eigenvalue weighted by molar-refractivity contribution is -0.123. The van der Waals surface area contributed by atoms with Crippen molar-refractivity contribution < 1.29 is 4.79 Å². The highest BCUT2D eigenvalue weighted by atomic mass is 16.1. The van der Waals surface area contributed by atoms with Gasteiger partial charge in [0.1, 0.15) is 0 Å². The summed E-state index contributed by atoms with van der Waals surface area (Å²) < 4.78 is 3.75. The van der Waals surface area contributed by atoms with E-state index in [0.717, 1.165) is 37.2 Å². The second-order valence-electron chi connectivity index (χ2n) is 6.33. The van der Waals surface area contributed by atoms with Gasteiger partial charge in [-0.05, 0) is 19.8 Å². The van der Waals surface area contributed by atoms with Crippen LogP contribution in [0, 0.1) is 0 Å². The number of carbonyl (C=O) groups excluding carboxylic acids is 1. The summed E-state index contributed by atoms with van der Waals surface area (Å²) in [6, 6.07) is 0.162. The quantitative estimate of drug-likeness (QED) is 0.837. The van der Waals surface area contributed by atoms with Gasteiger partial charge in [0.15, 0.2) is 0 Å². The first kappa shape index (κ1) is 16.7. The molecule has 130 valence electrons. The van der Waals surface area contributed by atoms with Crippen LogP contribution in [0.25, 0.3) is 0 Å². The molecule has 0 bridgehead atoms. The maximum absolute atomic E-state index is 11.9. The number of aromatic nitrogens is 4. The minimum atomic E-state index is -0.0340. The van der Waals surface area contributed by atoms with E-state index in [1.807, 2.05) is 28.8 Å². The van der Waals surface area contributed by atoms with E-state index in [2.05, 4.69) is 40.9 Å². The van der Waals surface area contributed by atoms with Gasteiger partial charge in [0.05, 0.1) is 17.9 Å². The third-order valence-corrected chi connectivity index (χ3v) is 4.62. The molecule has 0 spiro atoms. The van der Waals surface area contributed by atoms with Crippen molar-refractivity contribution in [3.8, 4) is 0 Å². The molecule has 7 heteroatoms. The molecule has 2 aromatic heterocycles. The number of hydrogen-bond acceptors (Lipinski definition) is 4. The SMILES string of the molecule is CCc1nn(C)cc1CN[C@@H]1CCC(=O)N[C@H]1c1cnn(CC)c1. The van der Waals surface area contributed by atoms with Gasteiger partial charge in [-0.1, -0.05) is 6.92 Å². The summed E-state index contributed by atoms with van der Waals surface area (Å²) in [5.74, 6) is 0.109. The Hall–Kier alpha value is -2.15. The van der Waals surface area contributed by atoms with E-state index in [9.17, 15) is 4.79 Å². The first-order valence-electron chi connectivity index (χ1n) is 8.67. The molecule has 1 fully saturated rings. The van der Waals surface area contributed by atoms with Crippen molar-refractivity contribution in [1.29, 1.82) is 0 Å². The number of nitrogens with one attached hydrogen (secondary N) is 2. The van der Waals surface area contributed by atoms with Crippen molar-refractivity contribution in [2.24, 2.45) is 7.05 Å². The fourth-order valence-corrected chi connectivity index (χ4v) is 3.32. The molecule has 0 saturated carbocycles. The highest BCUT2D eigenvalue weighted by Crippen LogP contribution is 2.24. The van der Waals surface area contributed by atoms with Gasteiger partial charge in [-0.2, -0.15) is 10.2 Å². The summed E-state index contributed by atoms with van der Waals surface area (Å²) in [5.41, 5.74) is 3.41. The molecule has 1 aliphatic heterocycles. The Labute approximate surface area is 142 Å². The van der Waals surface area contributed by atoms with Crippen LogP contribution in [-0.2, 0) is 31.4 Å².